The van der Waals surface area contributed by atoms with E-state index in [1.165, 1.54) is 16.7 Å². The Morgan fingerprint density at radius 2 is 1.84 bits per heavy atom. The van der Waals surface area contributed by atoms with Crippen LogP contribution in [0.3, 0.4) is 0 Å². The van der Waals surface area contributed by atoms with E-state index in [0.717, 1.165) is 25.7 Å². The van der Waals surface area contributed by atoms with E-state index in [4.69, 9.17) is 15.5 Å². The lowest BCUT2D eigenvalue weighted by molar-refractivity contribution is 0.153. The molecule has 4 rings (SSSR count). The lowest BCUT2D eigenvalue weighted by Gasteiger charge is -2.26. The zero-order chi connectivity index (χ0) is 23.0. The van der Waals surface area contributed by atoms with Crippen molar-refractivity contribution in [1.82, 2.24) is 0 Å². The summed E-state index contributed by atoms with van der Waals surface area (Å²) in [5.74, 6) is 0.490. The van der Waals surface area contributed by atoms with Gasteiger partial charge in [-0.2, -0.15) is 0 Å². The molecule has 0 heterocycles. The van der Waals surface area contributed by atoms with Crippen LogP contribution in [0, 0.1) is 5.92 Å². The van der Waals surface area contributed by atoms with E-state index in [9.17, 15) is 13.0 Å². The van der Waals surface area contributed by atoms with Gasteiger partial charge < -0.3 is 15.5 Å². The van der Waals surface area contributed by atoms with E-state index in [0.29, 0.717) is 17.7 Å². The molecular weight excluding hydrogens is 449 g/mol. The molecule has 1 unspecified atom stereocenters. The Balaban J connectivity index is 1.40. The summed E-state index contributed by atoms with van der Waals surface area (Å²) in [5.41, 5.74) is 9.24. The summed E-state index contributed by atoms with van der Waals surface area (Å²) in [7, 11) is -7.83. The highest BCUT2D eigenvalue weighted by Crippen LogP contribution is 2.44. The van der Waals surface area contributed by atoms with E-state index in [1.807, 2.05) is 6.07 Å². The number of phosphoric ester groups is 1. The van der Waals surface area contributed by atoms with Crippen LogP contribution in [0.4, 0.5) is 0 Å². The molecule has 3 atom stereocenters. The summed E-state index contributed by atoms with van der Waals surface area (Å²) in [6.07, 6.45) is 4.54. The highest BCUT2D eigenvalue weighted by Gasteiger charge is 2.38. The van der Waals surface area contributed by atoms with E-state index in [2.05, 4.69) is 22.7 Å². The summed E-state index contributed by atoms with van der Waals surface area (Å²) in [5, 5.41) is 0. The van der Waals surface area contributed by atoms with Gasteiger partial charge >= 0.3 is 7.82 Å². The van der Waals surface area contributed by atoms with Crippen LogP contribution >= 0.6 is 7.82 Å². The Morgan fingerprint density at radius 1 is 1.09 bits per heavy atom. The molecule has 0 amide bonds. The number of rotatable bonds is 7. The molecule has 1 saturated carbocycles. The number of benzene rings is 2. The standard InChI is InChI=1S/C23H30NO6PS/c24-23(16-30-31(25,26)27)11-10-21(14-23)20-9-8-18-12-17(6-7-19(18)13-20)15-32(28,29)22-4-2-1-3-5-22/h1-5,8-9,13,17,21H,6-7,10-12,14-16,24H2,(H2,25,26,27)/t17?,21-,23+/m0/s1. The van der Waals surface area contributed by atoms with Crippen molar-refractivity contribution >= 4 is 17.7 Å². The molecule has 2 aliphatic carbocycles. The molecule has 0 radical (unpaired) electrons. The number of phosphoric acid groups is 1. The molecule has 1 fully saturated rings. The third-order valence-electron chi connectivity index (χ3n) is 6.75. The van der Waals surface area contributed by atoms with Gasteiger partial charge in [0.25, 0.3) is 0 Å². The quantitative estimate of drug-likeness (QED) is 0.520. The molecule has 2 aromatic carbocycles. The van der Waals surface area contributed by atoms with Crippen LogP contribution in [0.1, 0.15) is 48.3 Å². The molecule has 9 heteroatoms. The van der Waals surface area contributed by atoms with Gasteiger partial charge in [0.1, 0.15) is 0 Å². The van der Waals surface area contributed by atoms with Crippen LogP contribution < -0.4 is 5.73 Å². The van der Waals surface area contributed by atoms with Gasteiger partial charge in [-0.3, -0.25) is 4.52 Å². The van der Waals surface area contributed by atoms with Gasteiger partial charge in [0.2, 0.25) is 0 Å². The number of nitrogens with two attached hydrogens (primary N) is 1. The SMILES string of the molecule is N[C@]1(COP(=O)(O)O)CC[C@H](c2ccc3c(c2)CCC(CS(=O)(=O)c2ccccc2)C3)C1. The number of fused-ring (bicyclic) bond motifs is 1. The van der Waals surface area contributed by atoms with Crippen molar-refractivity contribution in [2.75, 3.05) is 12.4 Å². The summed E-state index contributed by atoms with van der Waals surface area (Å²) in [6.45, 7) is -0.156. The van der Waals surface area contributed by atoms with Gasteiger partial charge in [-0.15, -0.1) is 0 Å². The van der Waals surface area contributed by atoms with E-state index in [-0.39, 0.29) is 24.2 Å². The van der Waals surface area contributed by atoms with Gasteiger partial charge in [0, 0.05) is 5.54 Å². The van der Waals surface area contributed by atoms with Crippen molar-refractivity contribution < 1.29 is 27.3 Å². The third-order valence-corrected chi connectivity index (χ3v) is 9.12. The predicted octanol–water partition coefficient (Wildman–Crippen LogP) is 3.34. The van der Waals surface area contributed by atoms with Crippen molar-refractivity contribution in [3.05, 3.63) is 65.2 Å². The maximum atomic E-state index is 12.7. The normalized spacial score (nSPS) is 26.1. The molecule has 7 nitrogen and oxygen atoms in total. The Bertz CT molecular complexity index is 1120. The summed E-state index contributed by atoms with van der Waals surface area (Å²) in [4.78, 5) is 18.3. The molecule has 0 aliphatic heterocycles. The van der Waals surface area contributed by atoms with Crippen LogP contribution in [0.5, 0.6) is 0 Å². The molecule has 32 heavy (non-hydrogen) atoms. The van der Waals surface area contributed by atoms with Crippen LogP contribution in [0.2, 0.25) is 0 Å². The van der Waals surface area contributed by atoms with Gasteiger partial charge in [0.15, 0.2) is 9.84 Å². The average molecular weight is 480 g/mol. The minimum Gasteiger partial charge on any atom is -0.323 e. The van der Waals surface area contributed by atoms with Crippen LogP contribution in [0.15, 0.2) is 53.4 Å². The zero-order valence-electron chi connectivity index (χ0n) is 17.9. The van der Waals surface area contributed by atoms with E-state index >= 15 is 0 Å². The number of aryl methyl sites for hydroxylation is 1. The van der Waals surface area contributed by atoms with Crippen LogP contribution in [0.25, 0.3) is 0 Å². The average Bonchev–Trinajstić information content (AvgIpc) is 3.14. The predicted molar refractivity (Wildman–Crippen MR) is 122 cm³/mol. The topological polar surface area (TPSA) is 127 Å². The molecule has 0 bridgehead atoms. The Morgan fingerprint density at radius 3 is 2.56 bits per heavy atom. The molecule has 4 N–H and O–H groups in total. The molecule has 174 valence electrons. The summed E-state index contributed by atoms with van der Waals surface area (Å²) >= 11 is 0. The fourth-order valence-corrected chi connectivity index (χ4v) is 7.16. The van der Waals surface area contributed by atoms with Crippen molar-refractivity contribution in [2.45, 2.75) is 54.9 Å². The van der Waals surface area contributed by atoms with E-state index < -0.39 is 23.2 Å². The third kappa shape index (κ3) is 5.68. The number of hydrogen-bond acceptors (Lipinski definition) is 5. The second kappa shape index (κ2) is 9.01. The fourth-order valence-electron chi connectivity index (χ4n) is 5.07. The second-order valence-corrected chi connectivity index (χ2v) is 12.6. The fraction of sp³-hybridized carbons (Fsp3) is 0.478. The van der Waals surface area contributed by atoms with Gasteiger partial charge in [-0.05, 0) is 79.2 Å². The van der Waals surface area contributed by atoms with Gasteiger partial charge in [-0.1, -0.05) is 36.4 Å². The van der Waals surface area contributed by atoms with Gasteiger partial charge in [0.05, 0.1) is 17.3 Å². The van der Waals surface area contributed by atoms with Crippen LogP contribution in [-0.2, 0) is 31.8 Å². The Hall–Kier alpha value is -1.54. The number of sulfone groups is 1. The first-order chi connectivity index (χ1) is 15.0. The summed E-state index contributed by atoms with van der Waals surface area (Å²) in [6, 6.07) is 15.0. The lowest BCUT2D eigenvalue weighted by Crippen LogP contribution is -2.41. The molecule has 0 aromatic heterocycles. The van der Waals surface area contributed by atoms with Crippen molar-refractivity contribution in [1.29, 1.82) is 0 Å². The smallest absolute Gasteiger partial charge is 0.323 e. The molecule has 0 saturated heterocycles. The monoisotopic (exact) mass is 479 g/mol. The maximum Gasteiger partial charge on any atom is 0.469 e. The van der Waals surface area contributed by atoms with Crippen molar-refractivity contribution in [2.24, 2.45) is 11.7 Å². The van der Waals surface area contributed by atoms with Crippen LogP contribution in [-0.4, -0.2) is 36.1 Å². The first kappa shape index (κ1) is 23.6. The van der Waals surface area contributed by atoms with Crippen molar-refractivity contribution in [3.63, 3.8) is 0 Å². The van der Waals surface area contributed by atoms with Gasteiger partial charge in [-0.25, -0.2) is 13.0 Å². The van der Waals surface area contributed by atoms with E-state index in [1.54, 1.807) is 24.3 Å². The second-order valence-electron chi connectivity index (χ2n) is 9.30. The summed E-state index contributed by atoms with van der Waals surface area (Å²) < 4.78 is 41.2. The molecular formula is C23H30NO6PS. The maximum absolute atomic E-state index is 12.7. The number of hydrogen-bond donors (Lipinski definition) is 3. The Kier molecular flexibility index (Phi) is 6.65. The molecule has 0 spiro atoms. The molecule has 2 aromatic rings. The highest BCUT2D eigenvalue weighted by molar-refractivity contribution is 7.91. The zero-order valence-corrected chi connectivity index (χ0v) is 19.6. The largest absolute Gasteiger partial charge is 0.469 e. The minimum atomic E-state index is -4.53. The molecule has 2 aliphatic rings. The lowest BCUT2D eigenvalue weighted by atomic mass is 9.82. The van der Waals surface area contributed by atoms with Crippen molar-refractivity contribution in [3.8, 4) is 0 Å². The minimum absolute atomic E-state index is 0.103. The first-order valence-corrected chi connectivity index (χ1v) is 14.1. The Labute approximate surface area is 189 Å². The first-order valence-electron chi connectivity index (χ1n) is 10.9. The highest BCUT2D eigenvalue weighted by atomic mass is 32.2.